The normalized spacial score (nSPS) is 17.8. The molecule has 0 saturated heterocycles. The highest BCUT2D eigenvalue weighted by atomic mass is 16.3. The van der Waals surface area contributed by atoms with E-state index in [1.807, 2.05) is 6.07 Å². The van der Waals surface area contributed by atoms with Crippen molar-refractivity contribution in [1.82, 2.24) is 15.1 Å². The van der Waals surface area contributed by atoms with Crippen LogP contribution in [0, 0.1) is 0 Å². The lowest BCUT2D eigenvalue weighted by Gasteiger charge is -2.25. The first kappa shape index (κ1) is 14.5. The molecule has 1 N–H and O–H groups in total. The van der Waals surface area contributed by atoms with E-state index in [0.717, 1.165) is 25.0 Å². The molecule has 4 heteroatoms. The summed E-state index contributed by atoms with van der Waals surface area (Å²) in [6, 6.07) is 9.38. The van der Waals surface area contributed by atoms with Gasteiger partial charge in [0, 0.05) is 36.1 Å². The summed E-state index contributed by atoms with van der Waals surface area (Å²) in [4.78, 5) is 0. The van der Waals surface area contributed by atoms with Crippen molar-refractivity contribution in [1.29, 1.82) is 0 Å². The number of furan rings is 1. The number of nitrogens with one attached hydrogen (secondary N) is 1. The van der Waals surface area contributed by atoms with E-state index in [9.17, 15) is 0 Å². The van der Waals surface area contributed by atoms with Crippen molar-refractivity contribution in [2.45, 2.75) is 51.7 Å². The van der Waals surface area contributed by atoms with Gasteiger partial charge in [-0.25, -0.2) is 0 Å². The summed E-state index contributed by atoms with van der Waals surface area (Å²) in [5.74, 6) is 0. The number of hydrogen-bond donors (Lipinski definition) is 1. The lowest BCUT2D eigenvalue weighted by molar-refractivity contribution is 0.424. The monoisotopic (exact) mass is 309 g/mol. The van der Waals surface area contributed by atoms with Gasteiger partial charge >= 0.3 is 0 Å². The standard InChI is InChI=1S/C19H23N3O/c1-13(2)22-18-10-17(5-4-16(18)12-21-22)20-11-14-3-6-19-15(9-14)7-8-23-19/h3,6-9,12-13,17,20H,4-5,10-11H2,1-2H3. The molecule has 0 radical (unpaired) electrons. The predicted octanol–water partition coefficient (Wildman–Crippen LogP) is 3.86. The molecule has 23 heavy (non-hydrogen) atoms. The molecule has 0 bridgehead atoms. The fourth-order valence-corrected chi connectivity index (χ4v) is 3.53. The smallest absolute Gasteiger partial charge is 0.133 e. The van der Waals surface area contributed by atoms with Crippen molar-refractivity contribution in [3.8, 4) is 0 Å². The zero-order valence-corrected chi connectivity index (χ0v) is 13.7. The fraction of sp³-hybridized carbons (Fsp3) is 0.421. The molecule has 2 aromatic heterocycles. The van der Waals surface area contributed by atoms with Gasteiger partial charge in [0.15, 0.2) is 0 Å². The maximum Gasteiger partial charge on any atom is 0.133 e. The fourth-order valence-electron chi connectivity index (χ4n) is 3.53. The number of hydrogen-bond acceptors (Lipinski definition) is 3. The predicted molar refractivity (Wildman–Crippen MR) is 91.5 cm³/mol. The molecule has 0 amide bonds. The maximum absolute atomic E-state index is 5.40. The van der Waals surface area contributed by atoms with Crippen LogP contribution >= 0.6 is 0 Å². The molecule has 120 valence electrons. The third kappa shape index (κ3) is 2.79. The molecule has 3 aromatic rings. The molecule has 4 rings (SSSR count). The van der Waals surface area contributed by atoms with Crippen LogP contribution in [0.15, 0.2) is 41.1 Å². The average molecular weight is 309 g/mol. The SMILES string of the molecule is CC(C)n1ncc2c1CC(NCc1ccc3occc3c1)CC2. The van der Waals surface area contributed by atoms with E-state index < -0.39 is 0 Å². The maximum atomic E-state index is 5.40. The van der Waals surface area contributed by atoms with E-state index in [1.165, 1.54) is 28.6 Å². The Morgan fingerprint density at radius 2 is 2.26 bits per heavy atom. The molecule has 1 aliphatic rings. The molecule has 1 unspecified atom stereocenters. The highest BCUT2D eigenvalue weighted by Crippen LogP contribution is 2.24. The van der Waals surface area contributed by atoms with E-state index in [2.05, 4.69) is 53.3 Å². The third-order valence-electron chi connectivity index (χ3n) is 4.79. The van der Waals surface area contributed by atoms with E-state index in [0.29, 0.717) is 12.1 Å². The lowest BCUT2D eigenvalue weighted by atomic mass is 9.93. The van der Waals surface area contributed by atoms with Gasteiger partial charge in [0.05, 0.1) is 12.5 Å². The second kappa shape index (κ2) is 5.85. The Labute approximate surface area is 136 Å². The molecule has 4 nitrogen and oxygen atoms in total. The molecule has 1 aromatic carbocycles. The van der Waals surface area contributed by atoms with Crippen molar-refractivity contribution in [2.24, 2.45) is 0 Å². The minimum Gasteiger partial charge on any atom is -0.464 e. The van der Waals surface area contributed by atoms with E-state index >= 15 is 0 Å². The Morgan fingerprint density at radius 1 is 1.35 bits per heavy atom. The third-order valence-corrected chi connectivity index (χ3v) is 4.79. The largest absolute Gasteiger partial charge is 0.464 e. The quantitative estimate of drug-likeness (QED) is 0.796. The second-order valence-electron chi connectivity index (χ2n) is 6.77. The van der Waals surface area contributed by atoms with Crippen LogP contribution in [0.3, 0.4) is 0 Å². The zero-order valence-electron chi connectivity index (χ0n) is 13.7. The first-order valence-electron chi connectivity index (χ1n) is 8.45. The van der Waals surface area contributed by atoms with Crippen LogP contribution in [0.2, 0.25) is 0 Å². The van der Waals surface area contributed by atoms with Crippen LogP contribution in [0.25, 0.3) is 11.0 Å². The number of rotatable bonds is 4. The van der Waals surface area contributed by atoms with Crippen LogP contribution in [0.5, 0.6) is 0 Å². The molecule has 0 aliphatic heterocycles. The Bertz CT molecular complexity index is 815. The number of aromatic nitrogens is 2. The molecule has 2 heterocycles. The van der Waals surface area contributed by atoms with Crippen LogP contribution in [-0.4, -0.2) is 15.8 Å². The van der Waals surface area contributed by atoms with Crippen molar-refractivity contribution in [2.75, 3.05) is 0 Å². The van der Waals surface area contributed by atoms with Crippen molar-refractivity contribution < 1.29 is 4.42 Å². The summed E-state index contributed by atoms with van der Waals surface area (Å²) in [5.41, 5.74) is 5.10. The second-order valence-corrected chi connectivity index (χ2v) is 6.77. The van der Waals surface area contributed by atoms with E-state index in [4.69, 9.17) is 4.42 Å². The Kier molecular flexibility index (Phi) is 3.69. The van der Waals surface area contributed by atoms with Crippen molar-refractivity contribution in [3.05, 3.63) is 53.5 Å². The van der Waals surface area contributed by atoms with E-state index in [-0.39, 0.29) is 0 Å². The van der Waals surface area contributed by atoms with Gasteiger partial charge in [-0.15, -0.1) is 0 Å². The molecular formula is C19H23N3O. The molecule has 1 atom stereocenters. The summed E-state index contributed by atoms with van der Waals surface area (Å²) < 4.78 is 7.58. The van der Waals surface area contributed by atoms with Gasteiger partial charge in [-0.3, -0.25) is 4.68 Å². The van der Waals surface area contributed by atoms with Gasteiger partial charge in [-0.1, -0.05) is 6.07 Å². The first-order chi connectivity index (χ1) is 11.2. The minimum absolute atomic E-state index is 0.431. The van der Waals surface area contributed by atoms with Crippen molar-refractivity contribution in [3.63, 3.8) is 0 Å². The first-order valence-corrected chi connectivity index (χ1v) is 8.45. The highest BCUT2D eigenvalue weighted by Gasteiger charge is 2.23. The molecule has 1 aliphatic carbocycles. The minimum atomic E-state index is 0.431. The Hall–Kier alpha value is -2.07. The molecule has 0 fully saturated rings. The molecular weight excluding hydrogens is 286 g/mol. The summed E-state index contributed by atoms with van der Waals surface area (Å²) in [6.07, 6.45) is 7.18. The summed E-state index contributed by atoms with van der Waals surface area (Å²) >= 11 is 0. The summed E-state index contributed by atoms with van der Waals surface area (Å²) in [5, 5.41) is 9.45. The van der Waals surface area contributed by atoms with Gasteiger partial charge in [-0.05, 0) is 56.0 Å². The Balaban J connectivity index is 1.44. The van der Waals surface area contributed by atoms with Gasteiger partial charge in [-0.2, -0.15) is 5.10 Å². The zero-order chi connectivity index (χ0) is 15.8. The highest BCUT2D eigenvalue weighted by molar-refractivity contribution is 5.77. The van der Waals surface area contributed by atoms with Gasteiger partial charge < -0.3 is 9.73 Å². The summed E-state index contributed by atoms with van der Waals surface area (Å²) in [7, 11) is 0. The van der Waals surface area contributed by atoms with Crippen LogP contribution in [-0.2, 0) is 19.4 Å². The number of aryl methyl sites for hydroxylation is 1. The van der Waals surface area contributed by atoms with Crippen molar-refractivity contribution >= 4 is 11.0 Å². The van der Waals surface area contributed by atoms with Crippen LogP contribution in [0.1, 0.15) is 43.1 Å². The number of benzene rings is 1. The Morgan fingerprint density at radius 3 is 3.13 bits per heavy atom. The van der Waals surface area contributed by atoms with Crippen LogP contribution < -0.4 is 5.32 Å². The lowest BCUT2D eigenvalue weighted by Crippen LogP contribution is -2.35. The molecule has 0 spiro atoms. The number of fused-ring (bicyclic) bond motifs is 2. The van der Waals surface area contributed by atoms with Crippen LogP contribution in [0.4, 0.5) is 0 Å². The molecule has 0 saturated carbocycles. The van der Waals surface area contributed by atoms with Gasteiger partial charge in [0.1, 0.15) is 5.58 Å². The summed E-state index contributed by atoms with van der Waals surface area (Å²) in [6.45, 7) is 5.30. The van der Waals surface area contributed by atoms with Gasteiger partial charge in [0.2, 0.25) is 0 Å². The van der Waals surface area contributed by atoms with E-state index in [1.54, 1.807) is 6.26 Å². The number of nitrogens with zero attached hydrogens (tertiary/aromatic N) is 2. The van der Waals surface area contributed by atoms with Gasteiger partial charge in [0.25, 0.3) is 0 Å². The average Bonchev–Trinajstić information content (AvgIpc) is 3.18. The topological polar surface area (TPSA) is 43.0 Å².